The molecule has 4 rings (SSSR count). The third-order valence-electron chi connectivity index (χ3n) is 5.16. The van der Waals surface area contributed by atoms with Gasteiger partial charge < -0.3 is 19.5 Å². The predicted octanol–water partition coefficient (Wildman–Crippen LogP) is 4.63. The Hall–Kier alpha value is -4.73. The highest BCUT2D eigenvalue weighted by Gasteiger charge is 2.22. The summed E-state index contributed by atoms with van der Waals surface area (Å²) in [6.07, 6.45) is 1.65. The van der Waals surface area contributed by atoms with Crippen molar-refractivity contribution in [2.45, 2.75) is 0 Å². The fraction of sp³-hybridized carbons (Fsp3) is 0.115. The van der Waals surface area contributed by atoms with Crippen LogP contribution in [-0.2, 0) is 9.53 Å². The number of nitrogens with zero attached hydrogens (tertiary/aromatic N) is 2. The minimum Gasteiger partial charge on any atom is -0.493 e. The Morgan fingerprint density at radius 1 is 0.944 bits per heavy atom. The van der Waals surface area contributed by atoms with Gasteiger partial charge in [0.05, 0.1) is 25.6 Å². The maximum Gasteiger partial charge on any atom is 0.360 e. The van der Waals surface area contributed by atoms with E-state index in [0.717, 1.165) is 12.1 Å². The van der Waals surface area contributed by atoms with Crippen LogP contribution in [0.5, 0.6) is 11.5 Å². The van der Waals surface area contributed by atoms with E-state index in [9.17, 15) is 18.4 Å². The first-order valence-corrected chi connectivity index (χ1v) is 10.7. The smallest absolute Gasteiger partial charge is 0.360 e. The Balaban J connectivity index is 1.60. The van der Waals surface area contributed by atoms with Gasteiger partial charge in [0.15, 0.2) is 23.8 Å². The molecule has 1 N–H and O–H groups in total. The topological polar surface area (TPSA) is 91.7 Å². The molecule has 0 aliphatic rings. The van der Waals surface area contributed by atoms with E-state index < -0.39 is 30.1 Å². The Morgan fingerprint density at radius 2 is 1.69 bits per heavy atom. The second-order valence-corrected chi connectivity index (χ2v) is 7.49. The van der Waals surface area contributed by atoms with Crippen molar-refractivity contribution < 1.29 is 32.6 Å². The lowest BCUT2D eigenvalue weighted by atomic mass is 10.1. The van der Waals surface area contributed by atoms with E-state index in [1.54, 1.807) is 24.4 Å². The fourth-order valence-corrected chi connectivity index (χ4v) is 3.43. The Morgan fingerprint density at radius 3 is 2.39 bits per heavy atom. The number of hydrogen-bond donors (Lipinski definition) is 1. The predicted molar refractivity (Wildman–Crippen MR) is 127 cm³/mol. The van der Waals surface area contributed by atoms with Crippen LogP contribution in [-0.4, -0.2) is 42.5 Å². The van der Waals surface area contributed by atoms with Crippen molar-refractivity contribution >= 4 is 17.6 Å². The summed E-state index contributed by atoms with van der Waals surface area (Å²) < 4.78 is 44.2. The van der Waals surface area contributed by atoms with Gasteiger partial charge in [-0.2, -0.15) is 5.10 Å². The number of hydrogen-bond acceptors (Lipinski definition) is 6. The zero-order valence-corrected chi connectivity index (χ0v) is 19.3. The lowest BCUT2D eigenvalue weighted by Gasteiger charge is -2.10. The van der Waals surface area contributed by atoms with E-state index in [1.165, 1.54) is 18.9 Å². The molecular weight excluding hydrogens is 472 g/mol. The van der Waals surface area contributed by atoms with Gasteiger partial charge in [-0.25, -0.2) is 18.3 Å². The summed E-state index contributed by atoms with van der Waals surface area (Å²) in [5.74, 6) is -2.46. The number of esters is 1. The first-order valence-electron chi connectivity index (χ1n) is 10.7. The molecule has 0 aliphatic carbocycles. The lowest BCUT2D eigenvalue weighted by molar-refractivity contribution is -0.119. The van der Waals surface area contributed by atoms with Gasteiger partial charge in [0.25, 0.3) is 5.91 Å². The molecule has 4 aromatic rings. The maximum atomic E-state index is 13.8. The lowest BCUT2D eigenvalue weighted by Crippen LogP contribution is -2.22. The average Bonchev–Trinajstić information content (AvgIpc) is 3.35. The summed E-state index contributed by atoms with van der Waals surface area (Å²) >= 11 is 0. The maximum absolute atomic E-state index is 13.8. The third kappa shape index (κ3) is 5.33. The number of anilines is 1. The molecule has 1 heterocycles. The van der Waals surface area contributed by atoms with Crippen LogP contribution in [0.3, 0.4) is 0 Å². The second-order valence-electron chi connectivity index (χ2n) is 7.49. The molecule has 0 saturated carbocycles. The van der Waals surface area contributed by atoms with Crippen molar-refractivity contribution in [2.75, 3.05) is 26.1 Å². The highest BCUT2D eigenvalue weighted by atomic mass is 19.1. The van der Waals surface area contributed by atoms with Crippen LogP contribution >= 0.6 is 0 Å². The molecular formula is C26H21F2N3O5. The number of nitrogens with one attached hydrogen (secondary N) is 1. The molecule has 0 radical (unpaired) electrons. The van der Waals surface area contributed by atoms with Crippen molar-refractivity contribution in [1.29, 1.82) is 0 Å². The molecule has 1 amide bonds. The molecule has 0 bridgehead atoms. The van der Waals surface area contributed by atoms with Crippen molar-refractivity contribution in [3.63, 3.8) is 0 Å². The Kier molecular flexibility index (Phi) is 7.24. The van der Waals surface area contributed by atoms with Gasteiger partial charge in [0.1, 0.15) is 11.6 Å². The zero-order chi connectivity index (χ0) is 25.7. The molecule has 36 heavy (non-hydrogen) atoms. The highest BCUT2D eigenvalue weighted by Crippen LogP contribution is 2.34. The number of para-hydroxylation sites is 1. The number of methoxy groups -OCH3 is 2. The van der Waals surface area contributed by atoms with Crippen molar-refractivity contribution in [2.24, 2.45) is 0 Å². The fourth-order valence-electron chi connectivity index (χ4n) is 3.43. The first kappa shape index (κ1) is 24.4. The van der Waals surface area contributed by atoms with E-state index >= 15 is 0 Å². The van der Waals surface area contributed by atoms with Crippen LogP contribution < -0.4 is 14.8 Å². The molecule has 3 aromatic carbocycles. The van der Waals surface area contributed by atoms with Crippen molar-refractivity contribution in [1.82, 2.24) is 9.78 Å². The summed E-state index contributed by atoms with van der Waals surface area (Å²) in [7, 11) is 3.00. The van der Waals surface area contributed by atoms with Crippen molar-refractivity contribution in [3.05, 3.63) is 90.3 Å². The highest BCUT2D eigenvalue weighted by molar-refractivity contribution is 5.98. The van der Waals surface area contributed by atoms with Gasteiger partial charge in [-0.1, -0.05) is 24.3 Å². The summed E-state index contributed by atoms with van der Waals surface area (Å²) in [6.45, 7) is -0.709. The third-order valence-corrected chi connectivity index (χ3v) is 5.16. The van der Waals surface area contributed by atoms with Gasteiger partial charge in [-0.3, -0.25) is 4.79 Å². The van der Waals surface area contributed by atoms with Gasteiger partial charge in [-0.05, 0) is 42.0 Å². The second kappa shape index (κ2) is 10.7. The standard InChI is InChI=1S/C26H21F2N3O5/c1-34-22-11-8-16(12-23(22)35-2)19-14-31(18-6-4-3-5-7-18)30-25(19)26(33)36-15-24(32)29-21-10-9-17(27)13-20(21)28/h3-14H,15H2,1-2H3,(H,29,32). The normalized spacial score (nSPS) is 10.6. The van der Waals surface area contributed by atoms with E-state index in [1.807, 2.05) is 30.3 Å². The number of rotatable bonds is 8. The molecule has 10 heteroatoms. The molecule has 1 aromatic heterocycles. The molecule has 0 saturated heterocycles. The van der Waals surface area contributed by atoms with Gasteiger partial charge in [0, 0.05) is 17.8 Å². The molecule has 0 atom stereocenters. The first-order chi connectivity index (χ1) is 17.4. The number of benzene rings is 3. The van der Waals surface area contributed by atoms with Gasteiger partial charge >= 0.3 is 5.97 Å². The van der Waals surface area contributed by atoms with Crippen molar-refractivity contribution in [3.8, 4) is 28.3 Å². The van der Waals surface area contributed by atoms with Gasteiger partial charge in [0.2, 0.25) is 0 Å². The zero-order valence-electron chi connectivity index (χ0n) is 19.3. The SMILES string of the molecule is COc1ccc(-c2cn(-c3ccccc3)nc2C(=O)OCC(=O)Nc2ccc(F)cc2F)cc1OC. The number of aromatic nitrogens is 2. The van der Waals surface area contributed by atoms with E-state index in [-0.39, 0.29) is 11.4 Å². The van der Waals surface area contributed by atoms with Crippen LogP contribution in [0.2, 0.25) is 0 Å². The minimum atomic E-state index is -0.952. The number of ether oxygens (including phenoxy) is 3. The number of carbonyl (C=O) groups is 2. The van der Waals surface area contributed by atoms with Crippen LogP contribution in [0.15, 0.2) is 72.9 Å². The number of carbonyl (C=O) groups excluding carboxylic acids is 2. The Labute approximate surface area is 205 Å². The number of amides is 1. The summed E-state index contributed by atoms with van der Waals surface area (Å²) in [5.41, 5.74) is 1.43. The van der Waals surface area contributed by atoms with E-state index in [4.69, 9.17) is 14.2 Å². The largest absolute Gasteiger partial charge is 0.493 e. The number of halogens is 2. The van der Waals surface area contributed by atoms with E-state index in [0.29, 0.717) is 34.4 Å². The van der Waals surface area contributed by atoms with E-state index in [2.05, 4.69) is 10.4 Å². The minimum absolute atomic E-state index is 0.0492. The molecule has 0 spiro atoms. The summed E-state index contributed by atoms with van der Waals surface area (Å²) in [5, 5.41) is 6.61. The van der Waals surface area contributed by atoms with Gasteiger partial charge in [-0.15, -0.1) is 0 Å². The molecule has 0 aliphatic heterocycles. The van der Waals surface area contributed by atoms with Crippen LogP contribution in [0.4, 0.5) is 14.5 Å². The molecule has 0 fully saturated rings. The van der Waals surface area contributed by atoms with Crippen LogP contribution in [0.1, 0.15) is 10.5 Å². The quantitative estimate of drug-likeness (QED) is 0.360. The molecule has 184 valence electrons. The Bertz CT molecular complexity index is 1410. The molecule has 8 nitrogen and oxygen atoms in total. The average molecular weight is 493 g/mol. The summed E-state index contributed by atoms with van der Waals surface area (Å²) in [6, 6.07) is 16.9. The van der Waals surface area contributed by atoms with Crippen LogP contribution in [0, 0.1) is 11.6 Å². The van der Waals surface area contributed by atoms with Crippen LogP contribution in [0.25, 0.3) is 16.8 Å². The monoisotopic (exact) mass is 493 g/mol. The summed E-state index contributed by atoms with van der Waals surface area (Å²) in [4.78, 5) is 25.2. The molecule has 0 unspecified atom stereocenters.